The zero-order valence-electron chi connectivity index (χ0n) is 22.4. The highest BCUT2D eigenvalue weighted by atomic mass is 16.5. The number of nitrogens with zero attached hydrogens (tertiary/aromatic N) is 1. The lowest BCUT2D eigenvalue weighted by molar-refractivity contribution is -0.144. The number of hydrogen-bond acceptors (Lipinski definition) is 5. The second-order valence-corrected chi connectivity index (χ2v) is 12.7. The molecule has 7 atom stereocenters. The Labute approximate surface area is 206 Å². The van der Waals surface area contributed by atoms with Gasteiger partial charge in [-0.2, -0.15) is 0 Å². The Morgan fingerprint density at radius 2 is 1.82 bits per heavy atom. The molecular weight excluding hydrogens is 430 g/mol. The van der Waals surface area contributed by atoms with Crippen LogP contribution in [0.1, 0.15) is 73.6 Å². The molecule has 0 spiro atoms. The van der Waals surface area contributed by atoms with Crippen LogP contribution in [0.3, 0.4) is 0 Å². The lowest BCUT2D eigenvalue weighted by Crippen LogP contribution is -2.58. The summed E-state index contributed by atoms with van der Waals surface area (Å²) in [7, 11) is 0. The molecule has 1 saturated heterocycles. The highest BCUT2D eigenvalue weighted by molar-refractivity contribution is 5.78. The van der Waals surface area contributed by atoms with Crippen molar-refractivity contribution in [2.24, 2.45) is 34.5 Å². The minimum atomic E-state index is -0.531. The lowest BCUT2D eigenvalue weighted by atomic mass is 9.51. The first-order valence-electron chi connectivity index (χ1n) is 13.5. The van der Waals surface area contributed by atoms with Crippen molar-refractivity contribution < 1.29 is 19.4 Å². The van der Waals surface area contributed by atoms with Crippen LogP contribution < -0.4 is 10.6 Å². The number of nitrogens with one attached hydrogen (secondary N) is 2. The van der Waals surface area contributed by atoms with E-state index >= 15 is 0 Å². The second kappa shape index (κ2) is 11.3. The standard InChI is InChI=1S/C27H49N3O4/c1-18(25(33)28-11-12-30-13-15-34-16-14-30)20-7-9-27(6)10-8-21(19(2)23(27)24(20)32)29-22(31)17-26(3,4)5/h18-21,23-24,32H,7-17H2,1-6H3,(H,28,33)(H,29,31)/t18-,19+,20?,21-,23+,24-,27-/m0/s1. The lowest BCUT2D eigenvalue weighted by Gasteiger charge is -2.56. The highest BCUT2D eigenvalue weighted by Crippen LogP contribution is 2.55. The Morgan fingerprint density at radius 3 is 2.47 bits per heavy atom. The van der Waals surface area contributed by atoms with Gasteiger partial charge in [-0.05, 0) is 54.3 Å². The molecule has 2 aliphatic carbocycles. The van der Waals surface area contributed by atoms with Crippen LogP contribution in [-0.2, 0) is 14.3 Å². The number of carbonyl (C=O) groups excluding carboxylic acids is 2. The maximum Gasteiger partial charge on any atom is 0.223 e. The first kappa shape index (κ1) is 27.4. The van der Waals surface area contributed by atoms with Crippen molar-refractivity contribution in [2.75, 3.05) is 39.4 Å². The Hall–Kier alpha value is -1.18. The van der Waals surface area contributed by atoms with E-state index in [2.05, 4.69) is 50.2 Å². The predicted molar refractivity (Wildman–Crippen MR) is 134 cm³/mol. The highest BCUT2D eigenvalue weighted by Gasteiger charge is 2.53. The molecule has 7 heteroatoms. The Bertz CT molecular complexity index is 702. The van der Waals surface area contributed by atoms with Crippen LogP contribution in [0.2, 0.25) is 0 Å². The van der Waals surface area contributed by atoms with Crippen molar-refractivity contribution in [3.8, 4) is 0 Å². The number of carbonyl (C=O) groups is 2. The van der Waals surface area contributed by atoms with Gasteiger partial charge in [0.05, 0.1) is 19.3 Å². The first-order valence-corrected chi connectivity index (χ1v) is 13.5. The molecular formula is C27H49N3O4. The van der Waals surface area contributed by atoms with Crippen molar-refractivity contribution >= 4 is 11.8 Å². The summed E-state index contributed by atoms with van der Waals surface area (Å²) in [6.45, 7) is 17.5. The summed E-state index contributed by atoms with van der Waals surface area (Å²) < 4.78 is 5.39. The van der Waals surface area contributed by atoms with E-state index in [0.29, 0.717) is 13.0 Å². The molecule has 0 aromatic heterocycles. The van der Waals surface area contributed by atoms with Crippen LogP contribution in [0.15, 0.2) is 0 Å². The smallest absolute Gasteiger partial charge is 0.223 e. The molecule has 3 aliphatic rings. The van der Waals surface area contributed by atoms with Crippen LogP contribution in [0.25, 0.3) is 0 Å². The average molecular weight is 480 g/mol. The number of aliphatic hydroxyl groups is 1. The number of rotatable bonds is 7. The van der Waals surface area contributed by atoms with E-state index in [4.69, 9.17) is 4.74 Å². The van der Waals surface area contributed by atoms with Gasteiger partial charge in [-0.15, -0.1) is 0 Å². The van der Waals surface area contributed by atoms with Crippen molar-refractivity contribution in [1.82, 2.24) is 15.5 Å². The molecule has 1 aliphatic heterocycles. The number of morpholine rings is 1. The SMILES string of the molecule is C[C@H]1[C@@H]2[C@@H](O)C([C@H](C)C(=O)NCCN3CCOCC3)CC[C@@]2(C)CC[C@@H]1NC(=O)CC(C)(C)C. The third-order valence-electron chi connectivity index (χ3n) is 8.81. The third-order valence-corrected chi connectivity index (χ3v) is 8.81. The van der Waals surface area contributed by atoms with Gasteiger partial charge in [0.25, 0.3) is 0 Å². The summed E-state index contributed by atoms with van der Waals surface area (Å²) in [5.74, 6) is 0.128. The molecule has 7 nitrogen and oxygen atoms in total. The molecule has 0 radical (unpaired) electrons. The van der Waals surface area contributed by atoms with Crippen LogP contribution in [0.4, 0.5) is 0 Å². The molecule has 2 saturated carbocycles. The van der Waals surface area contributed by atoms with Gasteiger partial charge < -0.3 is 20.5 Å². The van der Waals surface area contributed by atoms with Crippen molar-refractivity contribution in [2.45, 2.75) is 85.8 Å². The molecule has 0 bridgehead atoms. The van der Waals surface area contributed by atoms with E-state index in [1.165, 1.54) is 0 Å². The van der Waals surface area contributed by atoms with Crippen LogP contribution in [-0.4, -0.2) is 73.4 Å². The minimum absolute atomic E-state index is 0.0411. The fourth-order valence-corrected chi connectivity index (χ4v) is 6.75. The first-order chi connectivity index (χ1) is 15.9. The van der Waals surface area contributed by atoms with E-state index in [9.17, 15) is 14.7 Å². The summed E-state index contributed by atoms with van der Waals surface area (Å²) in [5, 5.41) is 18.0. The van der Waals surface area contributed by atoms with Crippen LogP contribution in [0.5, 0.6) is 0 Å². The van der Waals surface area contributed by atoms with E-state index in [1.54, 1.807) is 0 Å². The van der Waals surface area contributed by atoms with Gasteiger partial charge in [0.2, 0.25) is 11.8 Å². The zero-order chi connectivity index (χ0) is 25.1. The minimum Gasteiger partial charge on any atom is -0.392 e. The number of ether oxygens (including phenoxy) is 1. The van der Waals surface area contributed by atoms with Crippen LogP contribution >= 0.6 is 0 Å². The molecule has 196 valence electrons. The molecule has 0 aromatic carbocycles. The number of aliphatic hydroxyl groups excluding tert-OH is 1. The average Bonchev–Trinajstić information content (AvgIpc) is 2.75. The summed E-state index contributed by atoms with van der Waals surface area (Å²) in [6.07, 6.45) is 3.84. The number of hydrogen-bond donors (Lipinski definition) is 3. The Morgan fingerprint density at radius 1 is 1.18 bits per heavy atom. The van der Waals surface area contributed by atoms with E-state index < -0.39 is 6.10 Å². The van der Waals surface area contributed by atoms with Gasteiger partial charge in [0.15, 0.2) is 0 Å². The molecule has 2 amide bonds. The summed E-state index contributed by atoms with van der Waals surface area (Å²) in [6, 6.07) is 0.0824. The van der Waals surface area contributed by atoms with Gasteiger partial charge in [-0.1, -0.05) is 41.5 Å². The molecule has 3 N–H and O–H groups in total. The monoisotopic (exact) mass is 479 g/mol. The largest absolute Gasteiger partial charge is 0.392 e. The van der Waals surface area contributed by atoms with Crippen molar-refractivity contribution in [1.29, 1.82) is 0 Å². The Balaban J connectivity index is 1.58. The van der Waals surface area contributed by atoms with Gasteiger partial charge in [0, 0.05) is 44.6 Å². The van der Waals surface area contributed by atoms with Crippen molar-refractivity contribution in [3.63, 3.8) is 0 Å². The van der Waals surface area contributed by atoms with Gasteiger partial charge in [0.1, 0.15) is 0 Å². The third kappa shape index (κ3) is 6.73. The van der Waals surface area contributed by atoms with Gasteiger partial charge in [-0.3, -0.25) is 14.5 Å². The van der Waals surface area contributed by atoms with Gasteiger partial charge >= 0.3 is 0 Å². The molecule has 3 rings (SSSR count). The second-order valence-electron chi connectivity index (χ2n) is 12.7. The topological polar surface area (TPSA) is 90.9 Å². The maximum absolute atomic E-state index is 13.0. The van der Waals surface area contributed by atoms with Gasteiger partial charge in [-0.25, -0.2) is 0 Å². The molecule has 0 aromatic rings. The van der Waals surface area contributed by atoms with Crippen molar-refractivity contribution in [3.05, 3.63) is 0 Å². The predicted octanol–water partition coefficient (Wildman–Crippen LogP) is 2.82. The van der Waals surface area contributed by atoms with E-state index in [-0.39, 0.29) is 52.4 Å². The molecule has 34 heavy (non-hydrogen) atoms. The Kier molecular flexibility index (Phi) is 9.07. The quantitative estimate of drug-likeness (QED) is 0.522. The normalized spacial score (nSPS) is 35.8. The zero-order valence-corrected chi connectivity index (χ0v) is 22.4. The summed E-state index contributed by atoms with van der Waals surface area (Å²) in [4.78, 5) is 27.9. The van der Waals surface area contributed by atoms with E-state index in [1.807, 2.05) is 6.92 Å². The molecule has 1 unspecified atom stereocenters. The number of fused-ring (bicyclic) bond motifs is 1. The fraction of sp³-hybridized carbons (Fsp3) is 0.926. The van der Waals surface area contributed by atoms with Crippen LogP contribution in [0, 0.1) is 34.5 Å². The van der Waals surface area contributed by atoms with E-state index in [0.717, 1.165) is 58.5 Å². The fourth-order valence-electron chi connectivity index (χ4n) is 6.75. The summed E-state index contributed by atoms with van der Waals surface area (Å²) in [5.41, 5.74) is 0.0175. The molecule has 1 heterocycles. The maximum atomic E-state index is 13.0. The summed E-state index contributed by atoms with van der Waals surface area (Å²) >= 11 is 0. The number of amides is 2. The molecule has 3 fully saturated rings.